The molecule has 0 aliphatic carbocycles. The van der Waals surface area contributed by atoms with E-state index in [1.807, 2.05) is 24.3 Å². The summed E-state index contributed by atoms with van der Waals surface area (Å²) in [4.78, 5) is 0. The minimum Gasteiger partial charge on any atom is -0.388 e. The molecular formula is C8H8IO. The van der Waals surface area contributed by atoms with Gasteiger partial charge in [-0.3, -0.25) is 0 Å². The van der Waals surface area contributed by atoms with Crippen molar-refractivity contribution in [1.82, 2.24) is 0 Å². The number of hydrogen-bond donors (Lipinski definition) is 1. The summed E-state index contributed by atoms with van der Waals surface area (Å²) in [5, 5.41) is 9.09. The normalized spacial score (nSPS) is 13.1. The zero-order chi connectivity index (χ0) is 7.56. The Morgan fingerprint density at radius 1 is 1.40 bits per heavy atom. The second-order valence-electron chi connectivity index (χ2n) is 2.04. The topological polar surface area (TPSA) is 20.2 Å². The molecule has 0 aliphatic rings. The molecule has 0 saturated heterocycles. The van der Waals surface area contributed by atoms with Gasteiger partial charge < -0.3 is 5.11 Å². The molecule has 53 valence electrons. The molecule has 1 N–H and O–H groups in total. The van der Waals surface area contributed by atoms with E-state index in [2.05, 4.69) is 29.5 Å². The highest BCUT2D eigenvalue weighted by atomic mass is 127. The Kier molecular flexibility index (Phi) is 2.68. The molecule has 10 heavy (non-hydrogen) atoms. The first-order valence-electron chi connectivity index (χ1n) is 2.97. The Labute approximate surface area is 74.2 Å². The Hall–Kier alpha value is -0.0900. The standard InChI is InChI=1S/C8H8IO/c1-6(10)7-4-2-3-5-8(7)9/h2-6,10H,1H2. The van der Waals surface area contributed by atoms with Gasteiger partial charge in [0.2, 0.25) is 0 Å². The molecule has 2 heteroatoms. The van der Waals surface area contributed by atoms with Crippen molar-refractivity contribution in [3.63, 3.8) is 0 Å². The van der Waals surface area contributed by atoms with Gasteiger partial charge in [-0.1, -0.05) is 18.2 Å². The minimum absolute atomic E-state index is 0.604. The summed E-state index contributed by atoms with van der Waals surface area (Å²) in [6.45, 7) is 3.52. The fraction of sp³-hybridized carbons (Fsp3) is 0.125. The van der Waals surface area contributed by atoms with Crippen molar-refractivity contribution in [2.24, 2.45) is 0 Å². The van der Waals surface area contributed by atoms with Crippen LogP contribution in [0.15, 0.2) is 24.3 Å². The number of benzene rings is 1. The minimum atomic E-state index is -0.604. The van der Waals surface area contributed by atoms with Crippen LogP contribution in [0.3, 0.4) is 0 Å². The summed E-state index contributed by atoms with van der Waals surface area (Å²) >= 11 is 2.18. The van der Waals surface area contributed by atoms with Crippen LogP contribution in [0.4, 0.5) is 0 Å². The van der Waals surface area contributed by atoms with E-state index < -0.39 is 6.10 Å². The molecule has 1 nitrogen and oxygen atoms in total. The third kappa shape index (κ3) is 1.70. The van der Waals surface area contributed by atoms with Crippen LogP contribution in [-0.4, -0.2) is 5.11 Å². The molecule has 0 saturated carbocycles. The monoisotopic (exact) mass is 247 g/mol. The van der Waals surface area contributed by atoms with Crippen molar-refractivity contribution < 1.29 is 5.11 Å². The summed E-state index contributed by atoms with van der Waals surface area (Å²) in [6.07, 6.45) is -0.604. The van der Waals surface area contributed by atoms with E-state index in [0.717, 1.165) is 9.13 Å². The van der Waals surface area contributed by atoms with Crippen LogP contribution in [0.25, 0.3) is 0 Å². The Morgan fingerprint density at radius 2 is 2.00 bits per heavy atom. The van der Waals surface area contributed by atoms with Gasteiger partial charge in [-0.05, 0) is 41.1 Å². The molecule has 1 aromatic rings. The second-order valence-corrected chi connectivity index (χ2v) is 3.20. The number of halogens is 1. The van der Waals surface area contributed by atoms with Crippen LogP contribution in [0, 0.1) is 10.5 Å². The summed E-state index contributed by atoms with van der Waals surface area (Å²) in [7, 11) is 0. The van der Waals surface area contributed by atoms with E-state index in [1.165, 1.54) is 0 Å². The van der Waals surface area contributed by atoms with Gasteiger partial charge >= 0.3 is 0 Å². The van der Waals surface area contributed by atoms with Crippen molar-refractivity contribution in [3.8, 4) is 0 Å². The largest absolute Gasteiger partial charge is 0.388 e. The molecule has 1 aromatic carbocycles. The van der Waals surface area contributed by atoms with E-state index in [-0.39, 0.29) is 0 Å². The molecule has 1 unspecified atom stereocenters. The van der Waals surface area contributed by atoms with Crippen molar-refractivity contribution >= 4 is 22.6 Å². The Morgan fingerprint density at radius 3 is 2.40 bits per heavy atom. The summed E-state index contributed by atoms with van der Waals surface area (Å²) in [5.74, 6) is 0. The van der Waals surface area contributed by atoms with Gasteiger partial charge in [0.05, 0.1) is 6.10 Å². The van der Waals surface area contributed by atoms with Gasteiger partial charge in [0, 0.05) is 3.57 Å². The van der Waals surface area contributed by atoms with Crippen molar-refractivity contribution in [2.75, 3.05) is 0 Å². The van der Waals surface area contributed by atoms with E-state index in [9.17, 15) is 0 Å². The van der Waals surface area contributed by atoms with Crippen LogP contribution >= 0.6 is 22.6 Å². The molecule has 0 fully saturated rings. The van der Waals surface area contributed by atoms with Crippen LogP contribution in [-0.2, 0) is 0 Å². The predicted octanol–water partition coefficient (Wildman–Crippen LogP) is 2.16. The van der Waals surface area contributed by atoms with Crippen LogP contribution < -0.4 is 0 Å². The van der Waals surface area contributed by atoms with Crippen LogP contribution in [0.5, 0.6) is 0 Å². The van der Waals surface area contributed by atoms with E-state index in [0.29, 0.717) is 0 Å². The fourth-order valence-corrected chi connectivity index (χ4v) is 1.49. The van der Waals surface area contributed by atoms with E-state index >= 15 is 0 Å². The number of aliphatic hydroxyl groups excluding tert-OH is 1. The predicted molar refractivity (Wildman–Crippen MR) is 49.5 cm³/mol. The van der Waals surface area contributed by atoms with Gasteiger partial charge in [-0.25, -0.2) is 0 Å². The third-order valence-corrected chi connectivity index (χ3v) is 2.25. The molecule has 0 aliphatic heterocycles. The lowest BCUT2D eigenvalue weighted by molar-refractivity contribution is 0.225. The van der Waals surface area contributed by atoms with Gasteiger partial charge in [-0.15, -0.1) is 0 Å². The fourth-order valence-electron chi connectivity index (χ4n) is 0.745. The molecule has 1 atom stereocenters. The number of hydrogen-bond acceptors (Lipinski definition) is 1. The third-order valence-electron chi connectivity index (χ3n) is 1.26. The molecule has 0 amide bonds. The molecule has 0 heterocycles. The highest BCUT2D eigenvalue weighted by Gasteiger charge is 2.02. The lowest BCUT2D eigenvalue weighted by Crippen LogP contribution is -1.93. The smallest absolute Gasteiger partial charge is 0.0801 e. The summed E-state index contributed by atoms with van der Waals surface area (Å²) in [5.41, 5.74) is 0.892. The van der Waals surface area contributed by atoms with E-state index in [1.54, 1.807) is 0 Å². The Bertz CT molecular complexity index is 220. The SMILES string of the molecule is [CH2]C(O)c1ccccc1I. The van der Waals surface area contributed by atoms with Gasteiger partial charge in [0.25, 0.3) is 0 Å². The Balaban J connectivity index is 3.03. The van der Waals surface area contributed by atoms with Gasteiger partial charge in [0.1, 0.15) is 0 Å². The molecular weight excluding hydrogens is 239 g/mol. The average Bonchev–Trinajstić information content (AvgIpc) is 1.88. The van der Waals surface area contributed by atoms with Crippen molar-refractivity contribution in [1.29, 1.82) is 0 Å². The maximum atomic E-state index is 9.09. The zero-order valence-corrected chi connectivity index (χ0v) is 7.58. The van der Waals surface area contributed by atoms with Crippen molar-refractivity contribution in [2.45, 2.75) is 6.10 Å². The second kappa shape index (κ2) is 3.34. The van der Waals surface area contributed by atoms with Gasteiger partial charge in [0.15, 0.2) is 0 Å². The van der Waals surface area contributed by atoms with Crippen LogP contribution in [0.2, 0.25) is 0 Å². The highest BCUT2D eigenvalue weighted by molar-refractivity contribution is 14.1. The maximum absolute atomic E-state index is 9.09. The first-order chi connectivity index (χ1) is 4.72. The molecule has 0 aromatic heterocycles. The first kappa shape index (κ1) is 8.01. The summed E-state index contributed by atoms with van der Waals surface area (Å²) in [6, 6.07) is 7.66. The van der Waals surface area contributed by atoms with E-state index in [4.69, 9.17) is 5.11 Å². The lowest BCUT2D eigenvalue weighted by atomic mass is 10.1. The quantitative estimate of drug-likeness (QED) is 0.754. The highest BCUT2D eigenvalue weighted by Crippen LogP contribution is 2.17. The summed E-state index contributed by atoms with van der Waals surface area (Å²) < 4.78 is 1.06. The molecule has 0 bridgehead atoms. The molecule has 1 rings (SSSR count). The molecule has 1 radical (unpaired) electrons. The zero-order valence-electron chi connectivity index (χ0n) is 5.42. The average molecular weight is 247 g/mol. The maximum Gasteiger partial charge on any atom is 0.0801 e. The first-order valence-corrected chi connectivity index (χ1v) is 4.05. The van der Waals surface area contributed by atoms with Crippen LogP contribution in [0.1, 0.15) is 11.7 Å². The number of aliphatic hydroxyl groups is 1. The molecule has 0 spiro atoms. The van der Waals surface area contributed by atoms with Crippen molar-refractivity contribution in [3.05, 3.63) is 40.3 Å². The number of rotatable bonds is 1. The van der Waals surface area contributed by atoms with Gasteiger partial charge in [-0.2, -0.15) is 0 Å². The lowest BCUT2D eigenvalue weighted by Gasteiger charge is -2.05.